The van der Waals surface area contributed by atoms with Crippen LogP contribution in [0.4, 0.5) is 0 Å². The van der Waals surface area contributed by atoms with E-state index in [1.807, 2.05) is 16.7 Å². The molecule has 2 heterocycles. The van der Waals surface area contributed by atoms with Crippen LogP contribution in [0, 0.1) is 0 Å². The summed E-state index contributed by atoms with van der Waals surface area (Å²) in [7, 11) is 0. The molecule has 0 saturated heterocycles. The molecular formula is C19H22N2O2. The van der Waals surface area contributed by atoms with Gasteiger partial charge in [-0.15, -0.1) is 0 Å². The van der Waals surface area contributed by atoms with Crippen LogP contribution in [0.3, 0.4) is 0 Å². The smallest absolute Gasteiger partial charge is 0.332 e. The van der Waals surface area contributed by atoms with Crippen molar-refractivity contribution in [2.24, 2.45) is 0 Å². The molecule has 0 saturated carbocycles. The normalized spacial score (nSPS) is 15.3. The predicted molar refractivity (Wildman–Crippen MR) is 90.3 cm³/mol. The lowest BCUT2D eigenvalue weighted by Crippen LogP contribution is -2.11. The summed E-state index contributed by atoms with van der Waals surface area (Å²) in [6, 6.07) is 8.24. The van der Waals surface area contributed by atoms with Gasteiger partial charge in [-0.2, -0.15) is 0 Å². The van der Waals surface area contributed by atoms with Gasteiger partial charge in [0.1, 0.15) is 0 Å². The Morgan fingerprint density at radius 3 is 2.52 bits per heavy atom. The van der Waals surface area contributed by atoms with E-state index < -0.39 is 5.97 Å². The van der Waals surface area contributed by atoms with E-state index in [-0.39, 0.29) is 5.41 Å². The molecule has 0 bridgehead atoms. The van der Waals surface area contributed by atoms with E-state index in [1.165, 1.54) is 5.56 Å². The van der Waals surface area contributed by atoms with E-state index in [4.69, 9.17) is 0 Å². The number of fused-ring (bicyclic) bond motifs is 1. The molecule has 120 valence electrons. The highest BCUT2D eigenvalue weighted by Gasteiger charge is 2.23. The zero-order chi connectivity index (χ0) is 16.6. The topological polar surface area (TPSA) is 55.1 Å². The van der Waals surface area contributed by atoms with Crippen LogP contribution in [-0.4, -0.2) is 20.6 Å². The predicted octanol–water partition coefficient (Wildman–Crippen LogP) is 3.86. The number of nitrogens with zero attached hydrogens (tertiary/aromatic N) is 2. The number of carboxylic acid groups (broad SMARTS) is 1. The molecule has 0 radical (unpaired) electrons. The quantitative estimate of drug-likeness (QED) is 0.916. The van der Waals surface area contributed by atoms with Crippen LogP contribution in [0.1, 0.15) is 50.4 Å². The highest BCUT2D eigenvalue weighted by atomic mass is 16.4. The maximum Gasteiger partial charge on any atom is 0.332 e. The molecule has 0 atom stereocenters. The number of hydrogen-bond acceptors (Lipinski definition) is 2. The number of rotatable bonds is 2. The fraction of sp³-hybridized carbons (Fsp3) is 0.368. The number of benzene rings is 1. The second-order valence-corrected chi connectivity index (χ2v) is 7.06. The van der Waals surface area contributed by atoms with Crippen LogP contribution in [0.5, 0.6) is 0 Å². The Hall–Kier alpha value is -2.36. The molecule has 1 aliphatic heterocycles. The van der Waals surface area contributed by atoms with Gasteiger partial charge in [-0.05, 0) is 29.4 Å². The van der Waals surface area contributed by atoms with Gasteiger partial charge in [-0.1, -0.05) is 45.0 Å². The lowest BCUT2D eigenvalue weighted by Gasteiger charge is -2.20. The van der Waals surface area contributed by atoms with Gasteiger partial charge in [-0.3, -0.25) is 0 Å². The number of carbonyl (C=O) groups is 1. The molecule has 3 rings (SSSR count). The first-order valence-electron chi connectivity index (χ1n) is 7.96. The Balaban J connectivity index is 2.16. The first-order valence-corrected chi connectivity index (χ1v) is 7.96. The standard InChI is InChI=1S/C19H22N2O2/c1-19(2,3)14-8-6-13(7-9-14)17-15(18(22)23)5-4-10-21-12-20-11-16(17)21/h6-9,11-12H,4-5,10H2,1-3H3,(H,22,23). The summed E-state index contributed by atoms with van der Waals surface area (Å²) in [6.07, 6.45) is 4.94. The molecule has 1 aromatic heterocycles. The van der Waals surface area contributed by atoms with Gasteiger partial charge >= 0.3 is 5.97 Å². The number of aromatic nitrogens is 2. The van der Waals surface area contributed by atoms with Gasteiger partial charge < -0.3 is 9.67 Å². The van der Waals surface area contributed by atoms with E-state index in [9.17, 15) is 9.90 Å². The Labute approximate surface area is 136 Å². The van der Waals surface area contributed by atoms with E-state index in [1.54, 1.807) is 12.5 Å². The summed E-state index contributed by atoms with van der Waals surface area (Å²) in [5.41, 5.74) is 4.43. The molecule has 0 amide bonds. The molecule has 0 aliphatic carbocycles. The number of carboxylic acids is 1. The van der Waals surface area contributed by atoms with Crippen LogP contribution in [-0.2, 0) is 16.8 Å². The molecule has 2 aromatic rings. The van der Waals surface area contributed by atoms with Crippen LogP contribution in [0.25, 0.3) is 5.57 Å². The molecule has 0 fully saturated rings. The van der Waals surface area contributed by atoms with Gasteiger partial charge in [0.15, 0.2) is 0 Å². The van der Waals surface area contributed by atoms with Crippen LogP contribution in [0.2, 0.25) is 0 Å². The third-order valence-corrected chi connectivity index (χ3v) is 4.39. The summed E-state index contributed by atoms with van der Waals surface area (Å²) >= 11 is 0. The van der Waals surface area contributed by atoms with Crippen LogP contribution < -0.4 is 0 Å². The Morgan fingerprint density at radius 1 is 1.22 bits per heavy atom. The highest BCUT2D eigenvalue weighted by molar-refractivity contribution is 6.00. The lowest BCUT2D eigenvalue weighted by molar-refractivity contribution is -0.132. The fourth-order valence-corrected chi connectivity index (χ4v) is 3.09. The van der Waals surface area contributed by atoms with Gasteiger partial charge in [0.05, 0.1) is 18.2 Å². The Bertz CT molecular complexity index is 761. The maximum atomic E-state index is 11.8. The van der Waals surface area contributed by atoms with Crippen molar-refractivity contribution in [3.05, 3.63) is 59.2 Å². The van der Waals surface area contributed by atoms with E-state index >= 15 is 0 Å². The molecular weight excluding hydrogens is 288 g/mol. The van der Waals surface area contributed by atoms with Crippen molar-refractivity contribution in [1.82, 2.24) is 9.55 Å². The van der Waals surface area contributed by atoms with E-state index in [0.29, 0.717) is 12.0 Å². The average Bonchev–Trinajstić information content (AvgIpc) is 2.86. The SMILES string of the molecule is CC(C)(C)c1ccc(C2=C(C(=O)O)CCCn3cncc32)cc1. The maximum absolute atomic E-state index is 11.8. The number of aryl methyl sites for hydroxylation is 1. The molecule has 0 unspecified atom stereocenters. The Morgan fingerprint density at radius 2 is 1.91 bits per heavy atom. The van der Waals surface area contributed by atoms with E-state index in [2.05, 4.69) is 37.9 Å². The molecule has 1 N–H and O–H groups in total. The largest absolute Gasteiger partial charge is 0.478 e. The average molecular weight is 310 g/mol. The first-order chi connectivity index (χ1) is 10.9. The second-order valence-electron chi connectivity index (χ2n) is 7.06. The second kappa shape index (κ2) is 5.69. The van der Waals surface area contributed by atoms with Crippen molar-refractivity contribution in [3.8, 4) is 0 Å². The number of hydrogen-bond donors (Lipinski definition) is 1. The number of imidazole rings is 1. The molecule has 4 heteroatoms. The van der Waals surface area contributed by atoms with Gasteiger partial charge in [-0.25, -0.2) is 9.78 Å². The number of aliphatic carboxylic acids is 1. The summed E-state index contributed by atoms with van der Waals surface area (Å²) in [5, 5.41) is 9.65. The zero-order valence-corrected chi connectivity index (χ0v) is 13.8. The third kappa shape index (κ3) is 2.93. The fourth-order valence-electron chi connectivity index (χ4n) is 3.09. The minimum atomic E-state index is -0.838. The minimum Gasteiger partial charge on any atom is -0.478 e. The van der Waals surface area contributed by atoms with Crippen molar-refractivity contribution >= 4 is 11.5 Å². The van der Waals surface area contributed by atoms with Crippen molar-refractivity contribution < 1.29 is 9.90 Å². The Kier molecular flexibility index (Phi) is 3.84. The summed E-state index contributed by atoms with van der Waals surface area (Å²) in [6.45, 7) is 7.32. The van der Waals surface area contributed by atoms with Crippen molar-refractivity contribution in [1.29, 1.82) is 0 Å². The zero-order valence-electron chi connectivity index (χ0n) is 13.8. The van der Waals surface area contributed by atoms with Crippen molar-refractivity contribution in [2.45, 2.75) is 45.6 Å². The van der Waals surface area contributed by atoms with Gasteiger partial charge in [0, 0.05) is 17.7 Å². The summed E-state index contributed by atoms with van der Waals surface area (Å²) < 4.78 is 2.04. The van der Waals surface area contributed by atoms with Gasteiger partial charge in [0.25, 0.3) is 0 Å². The van der Waals surface area contributed by atoms with Crippen LogP contribution >= 0.6 is 0 Å². The molecule has 1 aromatic carbocycles. The molecule has 1 aliphatic rings. The molecule has 0 spiro atoms. The van der Waals surface area contributed by atoms with E-state index in [0.717, 1.165) is 29.8 Å². The summed E-state index contributed by atoms with van der Waals surface area (Å²) in [5.74, 6) is -0.838. The minimum absolute atomic E-state index is 0.0771. The van der Waals surface area contributed by atoms with Crippen molar-refractivity contribution in [3.63, 3.8) is 0 Å². The monoisotopic (exact) mass is 310 g/mol. The highest BCUT2D eigenvalue weighted by Crippen LogP contribution is 2.33. The molecule has 23 heavy (non-hydrogen) atoms. The van der Waals surface area contributed by atoms with Gasteiger partial charge in [0.2, 0.25) is 0 Å². The molecule has 4 nitrogen and oxygen atoms in total. The van der Waals surface area contributed by atoms with Crippen molar-refractivity contribution in [2.75, 3.05) is 0 Å². The lowest BCUT2D eigenvalue weighted by atomic mass is 9.85. The first kappa shape index (κ1) is 15.5. The third-order valence-electron chi connectivity index (χ3n) is 4.39. The van der Waals surface area contributed by atoms with Crippen LogP contribution in [0.15, 0.2) is 42.4 Å². The summed E-state index contributed by atoms with van der Waals surface area (Å²) in [4.78, 5) is 16.0.